The van der Waals surface area contributed by atoms with Gasteiger partial charge < -0.3 is 15.5 Å². The van der Waals surface area contributed by atoms with Crippen LogP contribution in [0.2, 0.25) is 0 Å². The summed E-state index contributed by atoms with van der Waals surface area (Å²) in [5.74, 6) is -0.290. The molecule has 0 heterocycles. The van der Waals surface area contributed by atoms with E-state index in [1.54, 1.807) is 12.2 Å². The predicted molar refractivity (Wildman–Crippen MR) is 119 cm³/mol. The molecule has 0 aromatic rings. The molecule has 0 spiro atoms. The van der Waals surface area contributed by atoms with Crippen molar-refractivity contribution in [3.05, 3.63) is 24.3 Å². The molecule has 0 aromatic heterocycles. The molecule has 164 valence electrons. The van der Waals surface area contributed by atoms with Crippen LogP contribution in [0.15, 0.2) is 24.3 Å². The van der Waals surface area contributed by atoms with Gasteiger partial charge in [-0.15, -0.1) is 0 Å². The number of unbranched alkanes of at least 4 members (excludes halogenated alkanes) is 12. The number of aliphatic hydroxyl groups excluding tert-OH is 2. The fourth-order valence-electron chi connectivity index (χ4n) is 3.32. The first-order valence-corrected chi connectivity index (χ1v) is 11.5. The molecule has 0 aliphatic carbocycles. The van der Waals surface area contributed by atoms with E-state index < -0.39 is 12.1 Å². The second-order valence-electron chi connectivity index (χ2n) is 7.78. The van der Waals surface area contributed by atoms with Gasteiger partial charge in [-0.1, -0.05) is 109 Å². The van der Waals surface area contributed by atoms with Gasteiger partial charge in [0.15, 0.2) is 0 Å². The van der Waals surface area contributed by atoms with Gasteiger partial charge in [-0.25, -0.2) is 0 Å². The van der Waals surface area contributed by atoms with E-state index in [1.165, 1.54) is 76.7 Å². The molecule has 2 atom stereocenters. The molecular formula is C24H45NO3. The van der Waals surface area contributed by atoms with Crippen molar-refractivity contribution < 1.29 is 15.0 Å². The van der Waals surface area contributed by atoms with Crippen LogP contribution in [0.1, 0.15) is 104 Å². The first kappa shape index (κ1) is 26.9. The fourth-order valence-corrected chi connectivity index (χ4v) is 3.32. The molecule has 0 saturated carbocycles. The lowest BCUT2D eigenvalue weighted by Gasteiger charge is -2.21. The first-order valence-electron chi connectivity index (χ1n) is 11.5. The van der Waals surface area contributed by atoms with Crippen molar-refractivity contribution in [2.45, 2.75) is 116 Å². The van der Waals surface area contributed by atoms with Crippen molar-refractivity contribution in [1.29, 1.82) is 0 Å². The molecule has 4 heteroatoms. The molecule has 28 heavy (non-hydrogen) atoms. The molecule has 4 nitrogen and oxygen atoms in total. The Morgan fingerprint density at radius 2 is 1.36 bits per heavy atom. The molecular weight excluding hydrogens is 350 g/mol. The number of rotatable bonds is 19. The summed E-state index contributed by atoms with van der Waals surface area (Å²) in [7, 11) is 0. The number of carbonyl (C=O) groups is 1. The van der Waals surface area contributed by atoms with Gasteiger partial charge >= 0.3 is 0 Å². The van der Waals surface area contributed by atoms with Crippen molar-refractivity contribution in [3.8, 4) is 0 Å². The standard InChI is InChI=1S/C24H45NO3/c1-3-5-7-8-9-10-11-12-13-14-15-16-18-19-23(27)22(21-26)25-24(28)20-17-6-4-2/h4,6,17,20,22-23,26-27H,3,5,7-16,18-19,21H2,1-2H3,(H,25,28)/b6-4+,20-17+/t22-,23+/m0/s1. The smallest absolute Gasteiger partial charge is 0.244 e. The highest BCUT2D eigenvalue weighted by Gasteiger charge is 2.19. The molecule has 0 unspecified atom stereocenters. The predicted octanol–water partition coefficient (Wildman–Crippen LogP) is 5.44. The summed E-state index contributed by atoms with van der Waals surface area (Å²) in [5.41, 5.74) is 0. The summed E-state index contributed by atoms with van der Waals surface area (Å²) in [5, 5.41) is 22.3. The molecule has 0 fully saturated rings. The Labute approximate surface area is 173 Å². The maximum atomic E-state index is 11.7. The second kappa shape index (κ2) is 20.6. The van der Waals surface area contributed by atoms with Gasteiger partial charge in [-0.3, -0.25) is 4.79 Å². The normalized spacial score (nSPS) is 14.0. The molecule has 0 saturated heterocycles. The minimum atomic E-state index is -0.697. The maximum absolute atomic E-state index is 11.7. The Hall–Kier alpha value is -1.13. The molecule has 0 aliphatic heterocycles. The molecule has 0 radical (unpaired) electrons. The molecule has 0 rings (SSSR count). The van der Waals surface area contributed by atoms with E-state index in [4.69, 9.17) is 0 Å². The zero-order valence-electron chi connectivity index (χ0n) is 18.4. The summed E-state index contributed by atoms with van der Waals surface area (Å²) in [6.45, 7) is 3.88. The summed E-state index contributed by atoms with van der Waals surface area (Å²) < 4.78 is 0. The number of aliphatic hydroxyl groups is 2. The van der Waals surface area contributed by atoms with Crippen LogP contribution < -0.4 is 5.32 Å². The van der Waals surface area contributed by atoms with Crippen molar-refractivity contribution in [3.63, 3.8) is 0 Å². The Kier molecular flexibility index (Phi) is 19.8. The average Bonchev–Trinajstić information content (AvgIpc) is 2.69. The van der Waals surface area contributed by atoms with Crippen LogP contribution in [0.3, 0.4) is 0 Å². The SMILES string of the molecule is C/C=C/C=C/C(=O)N[C@@H](CO)[C@H](O)CCCCCCCCCCCCCCC. The number of hydrogen-bond donors (Lipinski definition) is 3. The van der Waals surface area contributed by atoms with Gasteiger partial charge in [-0.05, 0) is 13.3 Å². The minimum absolute atomic E-state index is 0.247. The first-order chi connectivity index (χ1) is 13.7. The van der Waals surface area contributed by atoms with E-state index in [9.17, 15) is 15.0 Å². The molecule has 1 amide bonds. The molecule has 0 aromatic carbocycles. The number of hydrogen-bond acceptors (Lipinski definition) is 3. The van der Waals surface area contributed by atoms with Gasteiger partial charge in [0.25, 0.3) is 0 Å². The highest BCUT2D eigenvalue weighted by molar-refractivity contribution is 5.88. The Morgan fingerprint density at radius 3 is 1.82 bits per heavy atom. The van der Waals surface area contributed by atoms with E-state index in [0.29, 0.717) is 6.42 Å². The average molecular weight is 396 g/mol. The Bertz CT molecular complexity index is 407. The number of amides is 1. The Balaban J connectivity index is 3.61. The molecule has 0 bridgehead atoms. The quantitative estimate of drug-likeness (QED) is 0.155. The van der Waals surface area contributed by atoms with E-state index in [0.717, 1.165) is 12.8 Å². The van der Waals surface area contributed by atoms with Gasteiger partial charge in [0.2, 0.25) is 5.91 Å². The van der Waals surface area contributed by atoms with Gasteiger partial charge in [0.05, 0.1) is 18.8 Å². The van der Waals surface area contributed by atoms with Gasteiger partial charge in [0.1, 0.15) is 0 Å². The third-order valence-electron chi connectivity index (χ3n) is 5.14. The highest BCUT2D eigenvalue weighted by atomic mass is 16.3. The highest BCUT2D eigenvalue weighted by Crippen LogP contribution is 2.14. The second-order valence-corrected chi connectivity index (χ2v) is 7.78. The number of carbonyl (C=O) groups excluding carboxylic acids is 1. The fraction of sp³-hybridized carbons (Fsp3) is 0.792. The molecule has 0 aliphatic rings. The summed E-state index contributed by atoms with van der Waals surface area (Å²) >= 11 is 0. The van der Waals surface area contributed by atoms with E-state index in [2.05, 4.69) is 12.2 Å². The van der Waals surface area contributed by atoms with Crippen LogP contribution in [-0.2, 0) is 4.79 Å². The summed E-state index contributed by atoms with van der Waals surface area (Å²) in [6, 6.07) is -0.597. The maximum Gasteiger partial charge on any atom is 0.244 e. The largest absolute Gasteiger partial charge is 0.394 e. The zero-order chi connectivity index (χ0) is 20.9. The van der Waals surface area contributed by atoms with E-state index in [-0.39, 0.29) is 12.5 Å². The van der Waals surface area contributed by atoms with Crippen LogP contribution in [0.4, 0.5) is 0 Å². The summed E-state index contributed by atoms with van der Waals surface area (Å²) in [6.07, 6.45) is 23.3. The number of allylic oxidation sites excluding steroid dienone is 3. The lowest BCUT2D eigenvalue weighted by atomic mass is 10.0. The third-order valence-corrected chi connectivity index (χ3v) is 5.14. The van der Waals surface area contributed by atoms with Crippen LogP contribution in [0.25, 0.3) is 0 Å². The zero-order valence-corrected chi connectivity index (χ0v) is 18.4. The lowest BCUT2D eigenvalue weighted by Crippen LogP contribution is -2.45. The van der Waals surface area contributed by atoms with Crippen molar-refractivity contribution in [2.24, 2.45) is 0 Å². The Morgan fingerprint density at radius 1 is 0.857 bits per heavy atom. The van der Waals surface area contributed by atoms with Crippen LogP contribution in [0, 0.1) is 0 Å². The van der Waals surface area contributed by atoms with E-state index >= 15 is 0 Å². The summed E-state index contributed by atoms with van der Waals surface area (Å²) in [4.78, 5) is 11.7. The van der Waals surface area contributed by atoms with Gasteiger partial charge in [-0.2, -0.15) is 0 Å². The van der Waals surface area contributed by atoms with Crippen LogP contribution in [0.5, 0.6) is 0 Å². The van der Waals surface area contributed by atoms with Crippen LogP contribution >= 0.6 is 0 Å². The lowest BCUT2D eigenvalue weighted by molar-refractivity contribution is -0.118. The van der Waals surface area contributed by atoms with Crippen LogP contribution in [-0.4, -0.2) is 34.9 Å². The van der Waals surface area contributed by atoms with Gasteiger partial charge in [0, 0.05) is 6.08 Å². The van der Waals surface area contributed by atoms with Crippen molar-refractivity contribution >= 4 is 5.91 Å². The minimum Gasteiger partial charge on any atom is -0.394 e. The topological polar surface area (TPSA) is 69.6 Å². The van der Waals surface area contributed by atoms with Crippen molar-refractivity contribution in [1.82, 2.24) is 5.32 Å². The molecule has 3 N–H and O–H groups in total. The van der Waals surface area contributed by atoms with E-state index in [1.807, 2.05) is 13.0 Å². The monoisotopic (exact) mass is 395 g/mol. The van der Waals surface area contributed by atoms with Crippen molar-refractivity contribution in [2.75, 3.05) is 6.61 Å². The third kappa shape index (κ3) is 17.0. The number of nitrogens with one attached hydrogen (secondary N) is 1.